The third kappa shape index (κ3) is 5.12. The first-order valence-electron chi connectivity index (χ1n) is 4.76. The molecular weight excluding hydrogens is 249 g/mol. The molecule has 0 aliphatic carbocycles. The van der Waals surface area contributed by atoms with Gasteiger partial charge in [-0.05, 0) is 31.8 Å². The molecule has 1 aromatic rings. The van der Waals surface area contributed by atoms with Gasteiger partial charge in [0.1, 0.15) is 0 Å². The standard InChI is InChI=1S/C11H15Cl2NS/c1-14(2)5-6-15-8-9-3-4-10(12)7-11(9)13/h3-4,7H,5-6,8H2,1-2H3. The number of thioether (sulfide) groups is 1. The Morgan fingerprint density at radius 3 is 2.60 bits per heavy atom. The van der Waals surface area contributed by atoms with Crippen LogP contribution >= 0.6 is 35.0 Å². The van der Waals surface area contributed by atoms with Crippen LogP contribution in [-0.4, -0.2) is 31.3 Å². The average molecular weight is 264 g/mol. The second-order valence-electron chi connectivity index (χ2n) is 3.59. The predicted octanol–water partition coefficient (Wildman–Crippen LogP) is 3.79. The highest BCUT2D eigenvalue weighted by molar-refractivity contribution is 7.98. The summed E-state index contributed by atoms with van der Waals surface area (Å²) in [5.74, 6) is 2.07. The van der Waals surface area contributed by atoms with Crippen molar-refractivity contribution in [3.63, 3.8) is 0 Å². The Bertz CT molecular complexity index is 315. The molecule has 1 aromatic carbocycles. The van der Waals surface area contributed by atoms with Gasteiger partial charge in [-0.15, -0.1) is 0 Å². The lowest BCUT2D eigenvalue weighted by Gasteiger charge is -2.09. The van der Waals surface area contributed by atoms with Gasteiger partial charge in [0.05, 0.1) is 0 Å². The largest absolute Gasteiger partial charge is 0.309 e. The van der Waals surface area contributed by atoms with Crippen LogP contribution in [0.1, 0.15) is 5.56 Å². The van der Waals surface area contributed by atoms with E-state index in [2.05, 4.69) is 19.0 Å². The van der Waals surface area contributed by atoms with Crippen molar-refractivity contribution in [3.05, 3.63) is 33.8 Å². The zero-order valence-electron chi connectivity index (χ0n) is 8.96. The molecule has 1 nitrogen and oxygen atoms in total. The Morgan fingerprint density at radius 2 is 2.00 bits per heavy atom. The fourth-order valence-electron chi connectivity index (χ4n) is 1.07. The number of hydrogen-bond donors (Lipinski definition) is 0. The van der Waals surface area contributed by atoms with E-state index in [1.807, 2.05) is 23.9 Å². The molecule has 0 heterocycles. The number of nitrogens with zero attached hydrogens (tertiary/aromatic N) is 1. The molecule has 0 bridgehead atoms. The van der Waals surface area contributed by atoms with Gasteiger partial charge < -0.3 is 4.90 Å². The average Bonchev–Trinajstić information content (AvgIpc) is 2.14. The smallest absolute Gasteiger partial charge is 0.0461 e. The van der Waals surface area contributed by atoms with Crippen LogP contribution in [0, 0.1) is 0 Å². The van der Waals surface area contributed by atoms with Gasteiger partial charge in [0.15, 0.2) is 0 Å². The lowest BCUT2D eigenvalue weighted by molar-refractivity contribution is 0.437. The fraction of sp³-hybridized carbons (Fsp3) is 0.455. The van der Waals surface area contributed by atoms with Gasteiger partial charge in [0.2, 0.25) is 0 Å². The SMILES string of the molecule is CN(C)CCSCc1ccc(Cl)cc1Cl. The van der Waals surface area contributed by atoms with Crippen molar-refractivity contribution < 1.29 is 0 Å². The van der Waals surface area contributed by atoms with Gasteiger partial charge in [-0.3, -0.25) is 0 Å². The summed E-state index contributed by atoms with van der Waals surface area (Å²) in [6.07, 6.45) is 0. The highest BCUT2D eigenvalue weighted by Gasteiger charge is 2.01. The van der Waals surface area contributed by atoms with Crippen molar-refractivity contribution in [1.29, 1.82) is 0 Å². The van der Waals surface area contributed by atoms with Crippen molar-refractivity contribution in [3.8, 4) is 0 Å². The molecular formula is C11H15Cl2NS. The molecule has 0 N–H and O–H groups in total. The van der Waals surface area contributed by atoms with E-state index in [1.165, 1.54) is 0 Å². The third-order valence-corrected chi connectivity index (χ3v) is 3.53. The van der Waals surface area contributed by atoms with Crippen LogP contribution in [0.4, 0.5) is 0 Å². The van der Waals surface area contributed by atoms with E-state index in [0.29, 0.717) is 5.02 Å². The Labute approximate surface area is 106 Å². The first-order valence-corrected chi connectivity index (χ1v) is 6.67. The van der Waals surface area contributed by atoms with E-state index >= 15 is 0 Å². The summed E-state index contributed by atoms with van der Waals surface area (Å²) in [5, 5.41) is 1.46. The second kappa shape index (κ2) is 6.64. The predicted molar refractivity (Wildman–Crippen MR) is 71.2 cm³/mol. The first kappa shape index (κ1) is 13.2. The van der Waals surface area contributed by atoms with Crippen molar-refractivity contribution in [1.82, 2.24) is 4.90 Å². The van der Waals surface area contributed by atoms with E-state index < -0.39 is 0 Å². The lowest BCUT2D eigenvalue weighted by Crippen LogP contribution is -2.14. The van der Waals surface area contributed by atoms with Crippen LogP contribution < -0.4 is 0 Å². The molecule has 4 heteroatoms. The fourth-order valence-corrected chi connectivity index (χ4v) is 2.73. The van der Waals surface area contributed by atoms with Crippen LogP contribution in [0.2, 0.25) is 10.0 Å². The molecule has 0 amide bonds. The summed E-state index contributed by atoms with van der Waals surface area (Å²) in [6, 6.07) is 5.67. The van der Waals surface area contributed by atoms with E-state index in [4.69, 9.17) is 23.2 Å². The van der Waals surface area contributed by atoms with Crippen LogP contribution in [0.25, 0.3) is 0 Å². The Morgan fingerprint density at radius 1 is 1.27 bits per heavy atom. The van der Waals surface area contributed by atoms with Gasteiger partial charge in [-0.25, -0.2) is 0 Å². The molecule has 15 heavy (non-hydrogen) atoms. The summed E-state index contributed by atoms with van der Waals surface area (Å²) in [7, 11) is 4.16. The molecule has 84 valence electrons. The summed E-state index contributed by atoms with van der Waals surface area (Å²) < 4.78 is 0. The topological polar surface area (TPSA) is 3.24 Å². The Hall–Kier alpha value is 0.110. The van der Waals surface area contributed by atoms with Gasteiger partial charge in [-0.2, -0.15) is 11.8 Å². The van der Waals surface area contributed by atoms with Gasteiger partial charge in [0.25, 0.3) is 0 Å². The Kier molecular flexibility index (Phi) is 5.83. The van der Waals surface area contributed by atoms with E-state index in [1.54, 1.807) is 6.07 Å². The number of benzene rings is 1. The summed E-state index contributed by atoms with van der Waals surface area (Å²) in [5.41, 5.74) is 1.16. The molecule has 0 radical (unpaired) electrons. The molecule has 0 aliphatic heterocycles. The maximum absolute atomic E-state index is 6.06. The molecule has 0 aromatic heterocycles. The maximum atomic E-state index is 6.06. The molecule has 0 saturated heterocycles. The van der Waals surface area contributed by atoms with Crippen LogP contribution in [0.3, 0.4) is 0 Å². The highest BCUT2D eigenvalue weighted by Crippen LogP contribution is 2.24. The summed E-state index contributed by atoms with van der Waals surface area (Å²) in [4.78, 5) is 2.18. The highest BCUT2D eigenvalue weighted by atomic mass is 35.5. The van der Waals surface area contributed by atoms with Gasteiger partial charge >= 0.3 is 0 Å². The van der Waals surface area contributed by atoms with Crippen molar-refractivity contribution in [2.75, 3.05) is 26.4 Å². The van der Waals surface area contributed by atoms with E-state index in [-0.39, 0.29) is 0 Å². The van der Waals surface area contributed by atoms with Gasteiger partial charge in [0, 0.05) is 28.1 Å². The lowest BCUT2D eigenvalue weighted by atomic mass is 10.2. The monoisotopic (exact) mass is 263 g/mol. The maximum Gasteiger partial charge on any atom is 0.0461 e. The van der Waals surface area contributed by atoms with Crippen molar-refractivity contribution in [2.45, 2.75) is 5.75 Å². The summed E-state index contributed by atoms with van der Waals surface area (Å²) >= 11 is 13.8. The van der Waals surface area contributed by atoms with Crippen LogP contribution in [-0.2, 0) is 5.75 Å². The van der Waals surface area contributed by atoms with E-state index in [0.717, 1.165) is 28.6 Å². The minimum absolute atomic E-state index is 0.696. The zero-order chi connectivity index (χ0) is 11.3. The first-order chi connectivity index (χ1) is 7.09. The minimum atomic E-state index is 0.696. The number of rotatable bonds is 5. The molecule has 1 rings (SSSR count). The Balaban J connectivity index is 2.37. The summed E-state index contributed by atoms with van der Waals surface area (Å²) in [6.45, 7) is 1.09. The quantitative estimate of drug-likeness (QED) is 0.744. The van der Waals surface area contributed by atoms with Gasteiger partial charge in [-0.1, -0.05) is 29.3 Å². The molecule has 0 fully saturated rings. The van der Waals surface area contributed by atoms with Crippen molar-refractivity contribution in [2.24, 2.45) is 0 Å². The molecule has 0 saturated carbocycles. The number of hydrogen-bond acceptors (Lipinski definition) is 2. The zero-order valence-corrected chi connectivity index (χ0v) is 11.3. The molecule has 0 aliphatic rings. The molecule has 0 atom stereocenters. The number of halogens is 2. The van der Waals surface area contributed by atoms with Crippen LogP contribution in [0.5, 0.6) is 0 Å². The molecule has 0 unspecified atom stereocenters. The third-order valence-electron chi connectivity index (χ3n) is 1.96. The second-order valence-corrected chi connectivity index (χ2v) is 5.54. The van der Waals surface area contributed by atoms with E-state index in [9.17, 15) is 0 Å². The van der Waals surface area contributed by atoms with Crippen LogP contribution in [0.15, 0.2) is 18.2 Å². The molecule has 0 spiro atoms. The normalized spacial score (nSPS) is 11.0. The van der Waals surface area contributed by atoms with Crippen molar-refractivity contribution >= 4 is 35.0 Å². The minimum Gasteiger partial charge on any atom is -0.309 e.